The number of carbonyl (C=O) groups is 1. The topological polar surface area (TPSA) is 58.4 Å². The number of aliphatic carboxylic acids is 1. The molecule has 1 aromatic heterocycles. The van der Waals surface area contributed by atoms with E-state index in [1.54, 1.807) is 6.33 Å². The maximum Gasteiger partial charge on any atom is 0.306 e. The molecule has 2 heterocycles. The molecule has 0 amide bonds. The molecule has 1 saturated heterocycles. The van der Waals surface area contributed by atoms with Crippen LogP contribution in [0.4, 0.5) is 0 Å². The van der Waals surface area contributed by atoms with E-state index in [2.05, 4.69) is 9.88 Å². The molecule has 0 bridgehead atoms. The lowest BCUT2D eigenvalue weighted by Crippen LogP contribution is -2.36. The summed E-state index contributed by atoms with van der Waals surface area (Å²) in [6.07, 6.45) is 5.17. The first kappa shape index (κ1) is 11.1. The highest BCUT2D eigenvalue weighted by atomic mass is 16.4. The van der Waals surface area contributed by atoms with Crippen molar-refractivity contribution >= 4 is 5.97 Å². The van der Waals surface area contributed by atoms with Gasteiger partial charge in [0, 0.05) is 19.8 Å². The zero-order chi connectivity index (χ0) is 11.5. The predicted molar refractivity (Wildman–Crippen MR) is 58.8 cm³/mol. The Morgan fingerprint density at radius 2 is 2.25 bits per heavy atom. The van der Waals surface area contributed by atoms with Gasteiger partial charge in [-0.3, -0.25) is 9.69 Å². The number of carboxylic acids is 1. The third-order valence-electron chi connectivity index (χ3n) is 3.24. The first-order valence-electron chi connectivity index (χ1n) is 5.57. The molecule has 1 aromatic rings. The molecular formula is C11H17N3O2. The molecule has 0 unspecified atom stereocenters. The van der Waals surface area contributed by atoms with Crippen molar-refractivity contribution in [3.63, 3.8) is 0 Å². The molecule has 0 aliphatic carbocycles. The molecule has 1 fully saturated rings. The second kappa shape index (κ2) is 4.65. The third kappa shape index (κ3) is 2.41. The van der Waals surface area contributed by atoms with E-state index in [9.17, 15) is 4.79 Å². The molecule has 1 aliphatic heterocycles. The maximum absolute atomic E-state index is 10.8. The van der Waals surface area contributed by atoms with Crippen LogP contribution in [-0.2, 0) is 18.4 Å². The van der Waals surface area contributed by atoms with Gasteiger partial charge in [0.05, 0.1) is 17.9 Å². The van der Waals surface area contributed by atoms with Crippen molar-refractivity contribution in [2.75, 3.05) is 13.1 Å². The van der Waals surface area contributed by atoms with E-state index < -0.39 is 5.97 Å². The van der Waals surface area contributed by atoms with Crippen LogP contribution >= 0.6 is 0 Å². The van der Waals surface area contributed by atoms with Gasteiger partial charge in [0.15, 0.2) is 0 Å². The monoisotopic (exact) mass is 223 g/mol. The highest BCUT2D eigenvalue weighted by Crippen LogP contribution is 2.18. The summed E-state index contributed by atoms with van der Waals surface area (Å²) in [5.74, 6) is -0.803. The molecule has 1 aliphatic rings. The molecule has 0 aromatic carbocycles. The van der Waals surface area contributed by atoms with Gasteiger partial charge in [0.25, 0.3) is 0 Å². The Kier molecular flexibility index (Phi) is 3.24. The van der Waals surface area contributed by atoms with Gasteiger partial charge in [-0.2, -0.15) is 0 Å². The molecule has 0 atom stereocenters. The van der Waals surface area contributed by atoms with Crippen LogP contribution in [0.2, 0.25) is 0 Å². The normalized spacial score (nSPS) is 18.8. The Labute approximate surface area is 94.7 Å². The Hall–Kier alpha value is -1.36. The van der Waals surface area contributed by atoms with Crippen LogP contribution in [0.5, 0.6) is 0 Å². The highest BCUT2D eigenvalue weighted by molar-refractivity contribution is 5.70. The van der Waals surface area contributed by atoms with Crippen LogP contribution in [0, 0.1) is 5.92 Å². The summed E-state index contributed by atoms with van der Waals surface area (Å²) in [4.78, 5) is 17.2. The second-order valence-electron chi connectivity index (χ2n) is 4.38. The van der Waals surface area contributed by atoms with Crippen LogP contribution < -0.4 is 0 Å². The number of rotatable bonds is 3. The molecule has 0 spiro atoms. The van der Waals surface area contributed by atoms with Crippen molar-refractivity contribution in [2.24, 2.45) is 13.0 Å². The number of hydrogen-bond acceptors (Lipinski definition) is 3. The summed E-state index contributed by atoms with van der Waals surface area (Å²) in [5.41, 5.74) is 1.17. The number of likely N-dealkylation sites (tertiary alicyclic amines) is 1. The van der Waals surface area contributed by atoms with Gasteiger partial charge in [-0.1, -0.05) is 0 Å². The first-order valence-corrected chi connectivity index (χ1v) is 5.57. The summed E-state index contributed by atoms with van der Waals surface area (Å²) in [6, 6.07) is 0. The molecular weight excluding hydrogens is 206 g/mol. The molecule has 5 nitrogen and oxygen atoms in total. The van der Waals surface area contributed by atoms with Gasteiger partial charge in [0.1, 0.15) is 0 Å². The molecule has 1 N–H and O–H groups in total. The average Bonchev–Trinajstić information content (AvgIpc) is 2.65. The lowest BCUT2D eigenvalue weighted by Gasteiger charge is -2.29. The average molecular weight is 223 g/mol. The first-order chi connectivity index (χ1) is 7.66. The Bertz CT molecular complexity index is 367. The van der Waals surface area contributed by atoms with Gasteiger partial charge >= 0.3 is 5.97 Å². The van der Waals surface area contributed by atoms with Gasteiger partial charge in [-0.05, 0) is 25.9 Å². The number of nitrogens with zero attached hydrogens (tertiary/aromatic N) is 3. The van der Waals surface area contributed by atoms with Gasteiger partial charge in [0.2, 0.25) is 0 Å². The molecule has 0 radical (unpaired) electrons. The van der Waals surface area contributed by atoms with Crippen molar-refractivity contribution in [1.82, 2.24) is 14.5 Å². The molecule has 2 rings (SSSR count). The number of hydrogen-bond donors (Lipinski definition) is 1. The minimum absolute atomic E-state index is 0.150. The van der Waals surface area contributed by atoms with E-state index in [0.717, 1.165) is 32.5 Å². The molecule has 0 saturated carbocycles. The fraction of sp³-hybridized carbons (Fsp3) is 0.636. The molecule has 88 valence electrons. The van der Waals surface area contributed by atoms with Gasteiger partial charge < -0.3 is 9.67 Å². The van der Waals surface area contributed by atoms with Crippen LogP contribution in [-0.4, -0.2) is 38.6 Å². The zero-order valence-corrected chi connectivity index (χ0v) is 9.46. The number of imidazole rings is 1. The van der Waals surface area contributed by atoms with E-state index in [0.29, 0.717) is 0 Å². The van der Waals surface area contributed by atoms with Crippen molar-refractivity contribution in [3.8, 4) is 0 Å². The summed E-state index contributed by atoms with van der Waals surface area (Å²) in [7, 11) is 1.98. The van der Waals surface area contributed by atoms with E-state index in [1.165, 1.54) is 5.69 Å². The fourth-order valence-corrected chi connectivity index (χ4v) is 2.10. The quantitative estimate of drug-likeness (QED) is 0.820. The second-order valence-corrected chi connectivity index (χ2v) is 4.38. The fourth-order valence-electron chi connectivity index (χ4n) is 2.10. The van der Waals surface area contributed by atoms with Crippen molar-refractivity contribution in [1.29, 1.82) is 0 Å². The lowest BCUT2D eigenvalue weighted by atomic mass is 9.97. The van der Waals surface area contributed by atoms with Gasteiger partial charge in [-0.25, -0.2) is 4.98 Å². The summed E-state index contributed by atoms with van der Waals surface area (Å²) in [6.45, 7) is 2.59. The Morgan fingerprint density at radius 3 is 2.75 bits per heavy atom. The molecule has 5 heteroatoms. The van der Waals surface area contributed by atoms with Crippen LogP contribution in [0.3, 0.4) is 0 Å². The highest BCUT2D eigenvalue weighted by Gasteiger charge is 2.24. The standard InChI is InChI=1S/C11H17N3O2/c1-13-8-12-6-10(13)7-14-4-2-9(3-5-14)11(15)16/h6,8-9H,2-5,7H2,1H3,(H,15,16). The number of aryl methyl sites for hydroxylation is 1. The smallest absolute Gasteiger partial charge is 0.306 e. The van der Waals surface area contributed by atoms with Crippen LogP contribution in [0.25, 0.3) is 0 Å². The van der Waals surface area contributed by atoms with Crippen molar-refractivity contribution < 1.29 is 9.90 Å². The minimum atomic E-state index is -0.653. The summed E-state index contributed by atoms with van der Waals surface area (Å²) in [5, 5.41) is 8.89. The predicted octanol–water partition coefficient (Wildman–Crippen LogP) is 0.717. The number of carboxylic acid groups (broad SMARTS) is 1. The summed E-state index contributed by atoms with van der Waals surface area (Å²) < 4.78 is 2.00. The third-order valence-corrected chi connectivity index (χ3v) is 3.24. The lowest BCUT2D eigenvalue weighted by molar-refractivity contribution is -0.143. The van der Waals surface area contributed by atoms with E-state index in [-0.39, 0.29) is 5.92 Å². The van der Waals surface area contributed by atoms with Crippen molar-refractivity contribution in [3.05, 3.63) is 18.2 Å². The van der Waals surface area contributed by atoms with Crippen LogP contribution in [0.15, 0.2) is 12.5 Å². The zero-order valence-electron chi connectivity index (χ0n) is 9.46. The largest absolute Gasteiger partial charge is 0.481 e. The minimum Gasteiger partial charge on any atom is -0.481 e. The number of aromatic nitrogens is 2. The Morgan fingerprint density at radius 1 is 1.56 bits per heavy atom. The van der Waals surface area contributed by atoms with Gasteiger partial charge in [-0.15, -0.1) is 0 Å². The summed E-state index contributed by atoms with van der Waals surface area (Å²) >= 11 is 0. The van der Waals surface area contributed by atoms with E-state index in [1.807, 2.05) is 17.8 Å². The van der Waals surface area contributed by atoms with Crippen LogP contribution in [0.1, 0.15) is 18.5 Å². The molecule has 16 heavy (non-hydrogen) atoms. The van der Waals surface area contributed by atoms with E-state index in [4.69, 9.17) is 5.11 Å². The maximum atomic E-state index is 10.8. The SMILES string of the molecule is Cn1cncc1CN1CCC(C(=O)O)CC1. The number of piperidine rings is 1. The van der Waals surface area contributed by atoms with Crippen molar-refractivity contribution in [2.45, 2.75) is 19.4 Å². The Balaban J connectivity index is 1.86. The van der Waals surface area contributed by atoms with E-state index >= 15 is 0 Å².